The Morgan fingerprint density at radius 2 is 1.76 bits per heavy atom. The van der Waals surface area contributed by atoms with Crippen LogP contribution in [-0.4, -0.2) is 52.8 Å². The first-order chi connectivity index (χ1) is 20.0. The van der Waals surface area contributed by atoms with Crippen molar-refractivity contribution in [3.05, 3.63) is 84.3 Å². The van der Waals surface area contributed by atoms with Gasteiger partial charge in [-0.3, -0.25) is 4.90 Å². The SMILES string of the molecule is Cc1cccc(C)c1N1/C(=N/c2ncc3cc(-c4ncn(-c5ccc(OC(F)(F)F)cc5)n4)ccc3n2)SCC1(C)O. The largest absolute Gasteiger partial charge is 0.573 e. The number of thioether (sulfide) groups is 1. The molecule has 1 aliphatic heterocycles. The first kappa shape index (κ1) is 27.7. The minimum Gasteiger partial charge on any atom is -0.406 e. The third kappa shape index (κ3) is 5.52. The molecule has 9 nitrogen and oxygen atoms in total. The van der Waals surface area contributed by atoms with Crippen LogP contribution >= 0.6 is 11.8 Å². The number of aryl methyl sites for hydroxylation is 2. The van der Waals surface area contributed by atoms with Crippen molar-refractivity contribution in [2.24, 2.45) is 4.99 Å². The Kier molecular flexibility index (Phi) is 6.86. The minimum absolute atomic E-state index is 0.270. The molecule has 42 heavy (non-hydrogen) atoms. The van der Waals surface area contributed by atoms with E-state index in [0.29, 0.717) is 33.5 Å². The number of aliphatic imine (C=N–C) groups is 1. The molecule has 0 spiro atoms. The molecule has 1 saturated heterocycles. The van der Waals surface area contributed by atoms with E-state index < -0.39 is 12.1 Å². The Hall–Kier alpha value is -4.49. The highest BCUT2D eigenvalue weighted by atomic mass is 32.2. The lowest BCUT2D eigenvalue weighted by molar-refractivity contribution is -0.274. The van der Waals surface area contributed by atoms with Crippen molar-refractivity contribution in [2.75, 3.05) is 10.7 Å². The smallest absolute Gasteiger partial charge is 0.406 e. The fourth-order valence-electron chi connectivity index (χ4n) is 4.74. The molecule has 13 heteroatoms. The van der Waals surface area contributed by atoms with Crippen LogP contribution in [0.3, 0.4) is 0 Å². The van der Waals surface area contributed by atoms with E-state index in [1.54, 1.807) is 13.1 Å². The van der Waals surface area contributed by atoms with Crippen LogP contribution in [-0.2, 0) is 0 Å². The number of para-hydroxylation sites is 1. The molecule has 1 N–H and O–H groups in total. The number of ether oxygens (including phenoxy) is 1. The van der Waals surface area contributed by atoms with Gasteiger partial charge in [-0.1, -0.05) is 30.0 Å². The number of fused-ring (bicyclic) bond motifs is 1. The zero-order valence-electron chi connectivity index (χ0n) is 22.7. The van der Waals surface area contributed by atoms with E-state index in [1.165, 1.54) is 47.0 Å². The number of alkyl halides is 3. The second-order valence-electron chi connectivity index (χ2n) is 9.97. The van der Waals surface area contributed by atoms with E-state index in [1.807, 2.05) is 55.1 Å². The molecule has 214 valence electrons. The highest BCUT2D eigenvalue weighted by Gasteiger charge is 2.41. The predicted octanol–water partition coefficient (Wildman–Crippen LogP) is 6.34. The van der Waals surface area contributed by atoms with Gasteiger partial charge in [0, 0.05) is 22.9 Å². The van der Waals surface area contributed by atoms with Crippen LogP contribution in [0, 0.1) is 13.8 Å². The molecular formula is C29H24F3N7O2S. The maximum Gasteiger partial charge on any atom is 0.573 e. The van der Waals surface area contributed by atoms with Gasteiger partial charge >= 0.3 is 6.36 Å². The molecule has 0 aliphatic carbocycles. The Morgan fingerprint density at radius 3 is 2.48 bits per heavy atom. The van der Waals surface area contributed by atoms with Crippen molar-refractivity contribution in [1.29, 1.82) is 0 Å². The standard InChI is InChI=1S/C29H24F3N7O2S/c1-17-5-4-6-18(2)24(17)39-27(42-15-28(39,3)40)36-26-33-14-20-13-19(7-12-23(20)35-26)25-34-16-38(37-25)21-8-10-22(11-9-21)41-29(30,31)32/h4-14,16,40H,15H2,1-3H3/b36-27-. The third-order valence-corrected chi connectivity index (χ3v) is 7.88. The van der Waals surface area contributed by atoms with E-state index in [9.17, 15) is 18.3 Å². The molecule has 0 saturated carbocycles. The van der Waals surface area contributed by atoms with Crippen molar-refractivity contribution >= 4 is 39.5 Å². The summed E-state index contributed by atoms with van der Waals surface area (Å²) >= 11 is 1.44. The van der Waals surface area contributed by atoms with E-state index >= 15 is 0 Å². The number of amidine groups is 1. The molecule has 1 fully saturated rings. The number of hydrogen-bond donors (Lipinski definition) is 1. The van der Waals surface area contributed by atoms with Gasteiger partial charge in [0.15, 0.2) is 16.7 Å². The molecular weight excluding hydrogens is 567 g/mol. The quantitative estimate of drug-likeness (QED) is 0.253. The molecule has 1 atom stereocenters. The van der Waals surface area contributed by atoms with Crippen LogP contribution in [0.25, 0.3) is 28.0 Å². The molecule has 5 aromatic rings. The maximum absolute atomic E-state index is 12.4. The minimum atomic E-state index is -4.76. The van der Waals surface area contributed by atoms with Crippen molar-refractivity contribution in [3.63, 3.8) is 0 Å². The van der Waals surface area contributed by atoms with E-state index in [0.717, 1.165) is 22.2 Å². The van der Waals surface area contributed by atoms with E-state index in [4.69, 9.17) is 4.99 Å². The number of hydrogen-bond acceptors (Lipinski definition) is 8. The summed E-state index contributed by atoms with van der Waals surface area (Å²) in [4.78, 5) is 20.0. The number of rotatable bonds is 5. The van der Waals surface area contributed by atoms with Gasteiger partial charge in [-0.2, -0.15) is 4.99 Å². The molecule has 1 aliphatic rings. The average Bonchev–Trinajstić information content (AvgIpc) is 3.53. The van der Waals surface area contributed by atoms with Crippen molar-refractivity contribution in [3.8, 4) is 22.8 Å². The molecule has 2 aromatic heterocycles. The van der Waals surface area contributed by atoms with Gasteiger partial charge in [-0.15, -0.1) is 18.3 Å². The number of benzene rings is 3. The van der Waals surface area contributed by atoms with E-state index in [-0.39, 0.29) is 11.7 Å². The van der Waals surface area contributed by atoms with Crippen molar-refractivity contribution in [2.45, 2.75) is 32.9 Å². The summed E-state index contributed by atoms with van der Waals surface area (Å²) < 4.78 is 42.7. The lowest BCUT2D eigenvalue weighted by atomic mass is 10.1. The van der Waals surface area contributed by atoms with Gasteiger partial charge in [0.2, 0.25) is 0 Å². The topological polar surface area (TPSA) is 102 Å². The Morgan fingerprint density at radius 1 is 1.02 bits per heavy atom. The van der Waals surface area contributed by atoms with Gasteiger partial charge < -0.3 is 9.84 Å². The molecule has 6 rings (SSSR count). The van der Waals surface area contributed by atoms with Crippen LogP contribution in [0.5, 0.6) is 5.75 Å². The van der Waals surface area contributed by atoms with E-state index in [2.05, 4.69) is 24.8 Å². The average molecular weight is 592 g/mol. The molecule has 3 aromatic carbocycles. The summed E-state index contributed by atoms with van der Waals surface area (Å²) in [6, 6.07) is 16.8. The number of anilines is 1. The van der Waals surface area contributed by atoms with Gasteiger partial charge in [0.25, 0.3) is 5.95 Å². The third-order valence-electron chi connectivity index (χ3n) is 6.66. The summed E-state index contributed by atoms with van der Waals surface area (Å²) in [6.07, 6.45) is -1.61. The summed E-state index contributed by atoms with van der Waals surface area (Å²) in [5, 5.41) is 17.0. The van der Waals surface area contributed by atoms with Crippen molar-refractivity contribution in [1.82, 2.24) is 24.7 Å². The zero-order chi connectivity index (χ0) is 29.6. The first-order valence-electron chi connectivity index (χ1n) is 12.8. The normalized spacial score (nSPS) is 18.3. The lowest BCUT2D eigenvalue weighted by Gasteiger charge is -2.33. The second kappa shape index (κ2) is 10.4. The fraction of sp³-hybridized carbons (Fsp3) is 0.207. The van der Waals surface area contributed by atoms with Gasteiger partial charge in [0.1, 0.15) is 12.1 Å². The summed E-state index contributed by atoms with van der Waals surface area (Å²) in [7, 11) is 0. The molecule has 0 bridgehead atoms. The van der Waals surface area contributed by atoms with Crippen LogP contribution in [0.2, 0.25) is 0 Å². The van der Waals surface area contributed by atoms with Gasteiger partial charge in [-0.25, -0.2) is 19.6 Å². The Balaban J connectivity index is 1.26. The molecule has 3 heterocycles. The highest BCUT2D eigenvalue weighted by Crippen LogP contribution is 2.40. The van der Waals surface area contributed by atoms with Crippen LogP contribution in [0.15, 0.2) is 78.2 Å². The van der Waals surface area contributed by atoms with Crippen molar-refractivity contribution < 1.29 is 23.0 Å². The van der Waals surface area contributed by atoms with Crippen LogP contribution in [0.1, 0.15) is 18.1 Å². The monoisotopic (exact) mass is 591 g/mol. The zero-order valence-corrected chi connectivity index (χ0v) is 23.5. The molecule has 1 unspecified atom stereocenters. The predicted molar refractivity (Wildman–Crippen MR) is 155 cm³/mol. The van der Waals surface area contributed by atoms with Crippen LogP contribution < -0.4 is 9.64 Å². The van der Waals surface area contributed by atoms with Gasteiger partial charge in [-0.05, 0) is 74.4 Å². The van der Waals surface area contributed by atoms with Gasteiger partial charge in [0.05, 0.1) is 16.9 Å². The lowest BCUT2D eigenvalue weighted by Crippen LogP contribution is -2.45. The summed E-state index contributed by atoms with van der Waals surface area (Å²) in [5.41, 5.74) is 3.75. The number of nitrogens with zero attached hydrogens (tertiary/aromatic N) is 7. The first-order valence-corrected chi connectivity index (χ1v) is 13.8. The highest BCUT2D eigenvalue weighted by molar-refractivity contribution is 8.14. The Bertz CT molecular complexity index is 1800. The summed E-state index contributed by atoms with van der Waals surface area (Å²) in [5.74, 6) is 0.819. The Labute approximate surface area is 242 Å². The number of aliphatic hydroxyl groups is 1. The second-order valence-corrected chi connectivity index (χ2v) is 10.9. The maximum atomic E-state index is 12.4. The molecule has 0 amide bonds. The number of aromatic nitrogens is 5. The fourth-order valence-corrected chi connectivity index (χ4v) is 5.83. The summed E-state index contributed by atoms with van der Waals surface area (Å²) in [6.45, 7) is 5.78. The molecule has 0 radical (unpaired) electrons. The number of halogens is 3. The van der Waals surface area contributed by atoms with Crippen LogP contribution in [0.4, 0.5) is 24.8 Å².